The number of phenols is 4. The number of aromatic hydroxyl groups is 4. The van der Waals surface area contributed by atoms with E-state index >= 15 is 0 Å². The van der Waals surface area contributed by atoms with Gasteiger partial charge in [0, 0.05) is 24.1 Å². The summed E-state index contributed by atoms with van der Waals surface area (Å²) in [6.07, 6.45) is -1.56. The molecule has 0 spiro atoms. The molecular formula is C15H14Cl2O6Zn. The van der Waals surface area contributed by atoms with Gasteiger partial charge in [0.25, 0.3) is 0 Å². The quantitative estimate of drug-likeness (QED) is 0.354. The van der Waals surface area contributed by atoms with Crippen LogP contribution >= 0.6 is 19.4 Å². The number of benzene rings is 2. The monoisotopic (exact) mass is 424 g/mol. The van der Waals surface area contributed by atoms with Crippen molar-refractivity contribution in [1.29, 1.82) is 0 Å². The molecule has 0 saturated heterocycles. The number of aliphatic hydroxyl groups is 1. The van der Waals surface area contributed by atoms with Crippen LogP contribution in [0.5, 0.6) is 28.7 Å². The summed E-state index contributed by atoms with van der Waals surface area (Å²) in [5.41, 5.74) is 0.894. The molecule has 0 saturated carbocycles. The van der Waals surface area contributed by atoms with Gasteiger partial charge in [0.1, 0.15) is 23.4 Å². The van der Waals surface area contributed by atoms with E-state index in [9.17, 15) is 25.5 Å². The van der Waals surface area contributed by atoms with Crippen LogP contribution in [0.4, 0.5) is 0 Å². The summed E-state index contributed by atoms with van der Waals surface area (Å²) in [4.78, 5) is 0. The van der Waals surface area contributed by atoms with E-state index in [1.165, 1.54) is 30.3 Å². The first-order valence-corrected chi connectivity index (χ1v) is 14.7. The molecule has 1 aliphatic heterocycles. The number of rotatable bonds is 1. The molecule has 0 unspecified atom stereocenters. The Labute approximate surface area is 153 Å². The van der Waals surface area contributed by atoms with Crippen molar-refractivity contribution in [1.82, 2.24) is 0 Å². The van der Waals surface area contributed by atoms with Gasteiger partial charge >= 0.3 is 34.5 Å². The number of hydrogen-bond donors (Lipinski definition) is 5. The first-order valence-electron chi connectivity index (χ1n) is 6.90. The summed E-state index contributed by atoms with van der Waals surface area (Å²) in [5.74, 6) is -0.589. The van der Waals surface area contributed by atoms with E-state index in [1.807, 2.05) is 0 Å². The summed E-state index contributed by atoms with van der Waals surface area (Å²) in [7, 11) is 9.90. The summed E-state index contributed by atoms with van der Waals surface area (Å²) in [6.45, 7) is 0. The molecule has 0 aromatic heterocycles. The molecule has 1 aliphatic rings. The molecule has 24 heavy (non-hydrogen) atoms. The second-order valence-electron chi connectivity index (χ2n) is 5.10. The van der Waals surface area contributed by atoms with Gasteiger partial charge in [0.05, 0.1) is 6.10 Å². The van der Waals surface area contributed by atoms with Gasteiger partial charge in [-0.1, -0.05) is 6.07 Å². The topological polar surface area (TPSA) is 110 Å². The van der Waals surface area contributed by atoms with E-state index < -0.39 is 27.4 Å². The van der Waals surface area contributed by atoms with Crippen molar-refractivity contribution < 1.29 is 45.4 Å². The molecule has 0 aliphatic carbocycles. The van der Waals surface area contributed by atoms with Crippen LogP contribution in [-0.4, -0.2) is 31.6 Å². The van der Waals surface area contributed by atoms with Crippen LogP contribution in [-0.2, 0) is 21.6 Å². The standard InChI is InChI=1S/C15H14O6.2ClH.Zn/c16-8-4-11(18)9-6-13(20)15(21-14(9)5-8)7-1-2-10(17)12(19)3-7;;;/h1-5,13,15-20H,6H2;2*1H;/q;;;+2/p-2/t13-,15+;;;/m0.../s1. The predicted octanol–water partition coefficient (Wildman–Crippen LogP) is 2.92. The number of halogens is 2. The summed E-state index contributed by atoms with van der Waals surface area (Å²) < 4.78 is 5.62. The SMILES string of the molecule is Oc1cc(O)c2c(c1)O[C@H](c1ccc(O)c(O)c1)[C@@H](O)C2.[Cl][Zn][Cl]. The summed E-state index contributed by atoms with van der Waals surface area (Å²) in [5, 5.41) is 48.3. The number of hydrogen-bond acceptors (Lipinski definition) is 6. The molecular weight excluding hydrogens is 412 g/mol. The van der Waals surface area contributed by atoms with Gasteiger partial charge in [-0.3, -0.25) is 0 Å². The summed E-state index contributed by atoms with van der Waals surface area (Å²) in [6, 6.07) is 6.67. The minimum absolute atomic E-state index is 0.143. The van der Waals surface area contributed by atoms with E-state index in [2.05, 4.69) is 0 Å². The third-order valence-corrected chi connectivity index (χ3v) is 3.51. The van der Waals surface area contributed by atoms with Gasteiger partial charge in [-0.2, -0.15) is 0 Å². The molecule has 2 atom stereocenters. The molecule has 1 heterocycles. The Balaban J connectivity index is 0.000000647. The maximum absolute atomic E-state index is 10.2. The van der Waals surface area contributed by atoms with Crippen molar-refractivity contribution in [2.45, 2.75) is 18.6 Å². The first-order chi connectivity index (χ1) is 11.4. The second kappa shape index (κ2) is 8.12. The van der Waals surface area contributed by atoms with Gasteiger partial charge in [-0.05, 0) is 17.7 Å². The predicted molar refractivity (Wildman–Crippen MR) is 84.3 cm³/mol. The zero-order chi connectivity index (χ0) is 17.9. The van der Waals surface area contributed by atoms with Gasteiger partial charge in [0.15, 0.2) is 11.5 Å². The van der Waals surface area contributed by atoms with Crippen LogP contribution in [0.3, 0.4) is 0 Å². The van der Waals surface area contributed by atoms with Crippen molar-refractivity contribution in [2.75, 3.05) is 0 Å². The molecule has 5 N–H and O–H groups in total. The van der Waals surface area contributed by atoms with E-state index in [1.54, 1.807) is 0 Å². The normalized spacial score (nSPS) is 18.5. The average molecular weight is 427 g/mol. The van der Waals surface area contributed by atoms with Crippen molar-refractivity contribution in [3.63, 3.8) is 0 Å². The van der Waals surface area contributed by atoms with Gasteiger partial charge in [0.2, 0.25) is 0 Å². The molecule has 0 fully saturated rings. The average Bonchev–Trinajstić information content (AvgIpc) is 2.51. The van der Waals surface area contributed by atoms with Crippen LogP contribution in [0.25, 0.3) is 0 Å². The zero-order valence-corrected chi connectivity index (χ0v) is 16.8. The first kappa shape index (κ1) is 18.9. The third kappa shape index (κ3) is 4.16. The second-order valence-corrected chi connectivity index (χ2v) is 9.72. The van der Waals surface area contributed by atoms with Crippen molar-refractivity contribution >= 4 is 19.4 Å². The van der Waals surface area contributed by atoms with Gasteiger partial charge < -0.3 is 30.3 Å². The van der Waals surface area contributed by atoms with E-state index in [0.29, 0.717) is 11.1 Å². The molecule has 2 aromatic carbocycles. The Morgan fingerprint density at radius 2 is 1.62 bits per heavy atom. The van der Waals surface area contributed by atoms with E-state index in [0.717, 1.165) is 0 Å². The molecule has 3 rings (SSSR count). The van der Waals surface area contributed by atoms with Crippen molar-refractivity contribution in [3.05, 3.63) is 41.5 Å². The fraction of sp³-hybridized carbons (Fsp3) is 0.200. The molecule has 126 valence electrons. The fourth-order valence-corrected chi connectivity index (χ4v) is 2.47. The summed E-state index contributed by atoms with van der Waals surface area (Å²) >= 11 is -0.931. The molecule has 0 radical (unpaired) electrons. The Hall–Kier alpha value is -1.40. The number of ether oxygens (including phenoxy) is 1. The Morgan fingerprint density at radius 3 is 2.25 bits per heavy atom. The molecule has 0 bridgehead atoms. The van der Waals surface area contributed by atoms with E-state index in [4.69, 9.17) is 24.1 Å². The zero-order valence-electron chi connectivity index (χ0n) is 12.4. The van der Waals surface area contributed by atoms with Crippen LogP contribution in [0.15, 0.2) is 30.3 Å². The van der Waals surface area contributed by atoms with Crippen LogP contribution in [0.1, 0.15) is 17.2 Å². The van der Waals surface area contributed by atoms with Crippen molar-refractivity contribution in [2.24, 2.45) is 0 Å². The number of phenolic OH excluding ortho intramolecular Hbond substituents is 4. The maximum atomic E-state index is 10.2. The van der Waals surface area contributed by atoms with Gasteiger partial charge in [-0.15, -0.1) is 0 Å². The molecule has 9 heteroatoms. The fourth-order valence-electron chi connectivity index (χ4n) is 2.47. The van der Waals surface area contributed by atoms with E-state index in [-0.39, 0.29) is 35.2 Å². The Kier molecular flexibility index (Phi) is 6.41. The Morgan fingerprint density at radius 1 is 0.958 bits per heavy atom. The Bertz CT molecular complexity index is 727. The van der Waals surface area contributed by atoms with Gasteiger partial charge in [-0.25, -0.2) is 0 Å². The van der Waals surface area contributed by atoms with Crippen molar-refractivity contribution in [3.8, 4) is 28.7 Å². The minimum atomic E-state index is -0.933. The number of fused-ring (bicyclic) bond motifs is 1. The van der Waals surface area contributed by atoms with Crippen LogP contribution in [0.2, 0.25) is 0 Å². The number of aliphatic hydroxyl groups excluding tert-OH is 1. The van der Waals surface area contributed by atoms with Crippen LogP contribution in [0, 0.1) is 0 Å². The molecule has 0 amide bonds. The molecule has 6 nitrogen and oxygen atoms in total. The molecule has 2 aromatic rings. The van der Waals surface area contributed by atoms with Crippen LogP contribution < -0.4 is 4.74 Å². The third-order valence-electron chi connectivity index (χ3n) is 3.51.